The maximum Gasteiger partial charge on any atom is 0.407 e. The van der Waals surface area contributed by atoms with Crippen molar-refractivity contribution in [2.24, 2.45) is 0 Å². The highest BCUT2D eigenvalue weighted by molar-refractivity contribution is 5.87. The predicted molar refractivity (Wildman–Crippen MR) is 93.0 cm³/mol. The Hall–Kier alpha value is -2.57. The first-order valence-corrected chi connectivity index (χ1v) is 8.47. The summed E-state index contributed by atoms with van der Waals surface area (Å²) < 4.78 is 9.96. The lowest BCUT2D eigenvalue weighted by molar-refractivity contribution is -0.147. The second-order valence-electron chi connectivity index (χ2n) is 5.47. The van der Waals surface area contributed by atoms with E-state index in [0.29, 0.717) is 25.9 Å². The average Bonchev–Trinajstić information content (AvgIpc) is 2.63. The summed E-state index contributed by atoms with van der Waals surface area (Å²) in [6.45, 7) is 4.07. The number of benzene rings is 1. The Morgan fingerprint density at radius 2 is 1.64 bits per heavy atom. The number of hydrogen-bond acceptors (Lipinski definition) is 5. The summed E-state index contributed by atoms with van der Waals surface area (Å²) in [4.78, 5) is 35.5. The Morgan fingerprint density at radius 1 is 1.00 bits per heavy atom. The second kappa shape index (κ2) is 11.9. The Bertz CT molecular complexity index is 548. The van der Waals surface area contributed by atoms with Gasteiger partial charge in [-0.2, -0.15) is 0 Å². The van der Waals surface area contributed by atoms with Crippen molar-refractivity contribution in [3.05, 3.63) is 35.9 Å². The first kappa shape index (κ1) is 20.5. The molecule has 1 atom stereocenters. The third kappa shape index (κ3) is 8.74. The van der Waals surface area contributed by atoms with Gasteiger partial charge in [0.2, 0.25) is 5.91 Å². The third-order valence-electron chi connectivity index (χ3n) is 3.18. The molecule has 2 N–H and O–H groups in total. The van der Waals surface area contributed by atoms with Crippen LogP contribution in [-0.2, 0) is 25.5 Å². The highest BCUT2D eigenvalue weighted by Crippen LogP contribution is 2.05. The SMILES string of the molecule is CCCOC(=O)NCC(=O)NC(Cc1ccccc1)C(=O)OCCC. The van der Waals surface area contributed by atoms with Crippen LogP contribution in [-0.4, -0.2) is 43.8 Å². The van der Waals surface area contributed by atoms with Gasteiger partial charge in [-0.25, -0.2) is 9.59 Å². The van der Waals surface area contributed by atoms with Crippen LogP contribution >= 0.6 is 0 Å². The molecule has 0 heterocycles. The van der Waals surface area contributed by atoms with Gasteiger partial charge in [-0.1, -0.05) is 44.2 Å². The van der Waals surface area contributed by atoms with Crippen LogP contribution in [0.25, 0.3) is 0 Å². The number of amides is 2. The number of rotatable bonds is 10. The summed E-state index contributed by atoms with van der Waals surface area (Å²) in [6, 6.07) is 8.51. The van der Waals surface area contributed by atoms with Crippen LogP contribution in [0.2, 0.25) is 0 Å². The van der Waals surface area contributed by atoms with Crippen LogP contribution in [0.4, 0.5) is 4.79 Å². The molecule has 7 nitrogen and oxygen atoms in total. The minimum Gasteiger partial charge on any atom is -0.464 e. The summed E-state index contributed by atoms with van der Waals surface area (Å²) >= 11 is 0. The van der Waals surface area contributed by atoms with Gasteiger partial charge in [-0.3, -0.25) is 4.79 Å². The number of carbonyl (C=O) groups is 3. The van der Waals surface area contributed by atoms with E-state index >= 15 is 0 Å². The molecule has 0 saturated heterocycles. The van der Waals surface area contributed by atoms with Crippen molar-refractivity contribution >= 4 is 18.0 Å². The van der Waals surface area contributed by atoms with Gasteiger partial charge in [-0.05, 0) is 18.4 Å². The van der Waals surface area contributed by atoms with Gasteiger partial charge < -0.3 is 20.1 Å². The van der Waals surface area contributed by atoms with Gasteiger partial charge in [0.1, 0.15) is 12.6 Å². The fourth-order valence-electron chi connectivity index (χ4n) is 1.99. The van der Waals surface area contributed by atoms with Crippen molar-refractivity contribution in [2.45, 2.75) is 39.2 Å². The fourth-order valence-corrected chi connectivity index (χ4v) is 1.99. The lowest BCUT2D eigenvalue weighted by atomic mass is 10.1. The first-order valence-electron chi connectivity index (χ1n) is 8.47. The van der Waals surface area contributed by atoms with Crippen molar-refractivity contribution in [1.29, 1.82) is 0 Å². The maximum atomic E-state index is 12.2. The molecule has 138 valence electrons. The molecule has 0 saturated carbocycles. The molecular formula is C18H26N2O5. The van der Waals surface area contributed by atoms with E-state index in [1.54, 1.807) is 0 Å². The van der Waals surface area contributed by atoms with E-state index in [0.717, 1.165) is 5.56 Å². The Balaban J connectivity index is 2.58. The van der Waals surface area contributed by atoms with Crippen LogP contribution < -0.4 is 10.6 Å². The van der Waals surface area contributed by atoms with Crippen LogP contribution in [0.1, 0.15) is 32.3 Å². The van der Waals surface area contributed by atoms with Gasteiger partial charge in [-0.15, -0.1) is 0 Å². The van der Waals surface area contributed by atoms with Crippen molar-refractivity contribution in [3.8, 4) is 0 Å². The quantitative estimate of drug-likeness (QED) is 0.628. The van der Waals surface area contributed by atoms with E-state index in [4.69, 9.17) is 9.47 Å². The second-order valence-corrected chi connectivity index (χ2v) is 5.47. The molecule has 0 radical (unpaired) electrons. The number of ether oxygens (including phenoxy) is 2. The van der Waals surface area contributed by atoms with E-state index < -0.39 is 24.0 Å². The number of esters is 1. The maximum absolute atomic E-state index is 12.2. The van der Waals surface area contributed by atoms with E-state index in [-0.39, 0.29) is 13.2 Å². The van der Waals surface area contributed by atoms with Crippen LogP contribution in [0, 0.1) is 0 Å². The van der Waals surface area contributed by atoms with Crippen LogP contribution in [0.3, 0.4) is 0 Å². The van der Waals surface area contributed by atoms with Gasteiger partial charge >= 0.3 is 12.1 Å². The molecule has 0 aliphatic carbocycles. The Labute approximate surface area is 148 Å². The highest BCUT2D eigenvalue weighted by atomic mass is 16.5. The van der Waals surface area contributed by atoms with Gasteiger partial charge in [0.15, 0.2) is 0 Å². The molecule has 0 spiro atoms. The molecule has 7 heteroatoms. The molecule has 2 amide bonds. The smallest absolute Gasteiger partial charge is 0.407 e. The van der Waals surface area contributed by atoms with Crippen molar-refractivity contribution in [2.75, 3.05) is 19.8 Å². The summed E-state index contributed by atoms with van der Waals surface area (Å²) in [7, 11) is 0. The molecule has 1 aromatic rings. The monoisotopic (exact) mass is 350 g/mol. The third-order valence-corrected chi connectivity index (χ3v) is 3.18. The van der Waals surface area contributed by atoms with Gasteiger partial charge in [0, 0.05) is 6.42 Å². The summed E-state index contributed by atoms with van der Waals surface area (Å²) in [5, 5.41) is 4.95. The summed E-state index contributed by atoms with van der Waals surface area (Å²) in [5.74, 6) is -0.976. The van der Waals surface area contributed by atoms with Crippen molar-refractivity contribution in [3.63, 3.8) is 0 Å². The minimum absolute atomic E-state index is 0.269. The molecule has 1 aromatic carbocycles. The van der Waals surface area contributed by atoms with E-state index in [9.17, 15) is 14.4 Å². The molecule has 1 rings (SSSR count). The number of carbonyl (C=O) groups excluding carboxylic acids is 3. The van der Waals surface area contributed by atoms with Crippen molar-refractivity contribution in [1.82, 2.24) is 10.6 Å². The lowest BCUT2D eigenvalue weighted by Crippen LogP contribution is -2.47. The summed E-state index contributed by atoms with van der Waals surface area (Å²) in [6.07, 6.45) is 1.05. The Kier molecular flexibility index (Phi) is 9.74. The molecule has 0 aromatic heterocycles. The zero-order valence-corrected chi connectivity index (χ0v) is 14.7. The largest absolute Gasteiger partial charge is 0.464 e. The van der Waals surface area contributed by atoms with Crippen molar-refractivity contribution < 1.29 is 23.9 Å². The highest BCUT2D eigenvalue weighted by Gasteiger charge is 2.22. The number of alkyl carbamates (subject to hydrolysis) is 1. The zero-order chi connectivity index (χ0) is 18.5. The molecule has 0 aliphatic heterocycles. The molecule has 25 heavy (non-hydrogen) atoms. The molecule has 0 bridgehead atoms. The topological polar surface area (TPSA) is 93.7 Å². The fraction of sp³-hybridized carbons (Fsp3) is 0.500. The van der Waals surface area contributed by atoms with Crippen LogP contribution in [0.5, 0.6) is 0 Å². The molecular weight excluding hydrogens is 324 g/mol. The van der Waals surface area contributed by atoms with E-state index in [2.05, 4.69) is 10.6 Å². The molecule has 0 fully saturated rings. The average molecular weight is 350 g/mol. The normalized spacial score (nSPS) is 11.3. The summed E-state index contributed by atoms with van der Waals surface area (Å²) in [5.41, 5.74) is 0.900. The first-order chi connectivity index (χ1) is 12.1. The Morgan fingerprint density at radius 3 is 2.28 bits per heavy atom. The molecule has 0 aliphatic rings. The zero-order valence-electron chi connectivity index (χ0n) is 14.7. The molecule has 1 unspecified atom stereocenters. The van der Waals surface area contributed by atoms with E-state index in [1.165, 1.54) is 0 Å². The standard InChI is InChI=1S/C18H26N2O5/c1-3-10-24-17(22)15(12-14-8-6-5-7-9-14)20-16(21)13-19-18(23)25-11-4-2/h5-9,15H,3-4,10-13H2,1-2H3,(H,19,23)(H,20,21). The van der Waals surface area contributed by atoms with Gasteiger partial charge in [0.05, 0.1) is 13.2 Å². The van der Waals surface area contributed by atoms with E-state index in [1.807, 2.05) is 44.2 Å². The van der Waals surface area contributed by atoms with Gasteiger partial charge in [0.25, 0.3) is 0 Å². The van der Waals surface area contributed by atoms with Crippen LogP contribution in [0.15, 0.2) is 30.3 Å². The number of hydrogen-bond donors (Lipinski definition) is 2. The predicted octanol–water partition coefficient (Wildman–Crippen LogP) is 1.80. The minimum atomic E-state index is -0.810. The lowest BCUT2D eigenvalue weighted by Gasteiger charge is -2.18. The number of nitrogens with one attached hydrogen (secondary N) is 2.